The fourth-order valence-electron chi connectivity index (χ4n) is 0.969. The van der Waals surface area contributed by atoms with E-state index >= 15 is 0 Å². The highest BCUT2D eigenvalue weighted by Gasteiger charge is 2.36. The molecule has 13 heavy (non-hydrogen) atoms. The Morgan fingerprint density at radius 2 is 1.62 bits per heavy atom. The van der Waals surface area contributed by atoms with Crippen molar-refractivity contribution in [2.75, 3.05) is 0 Å². The Morgan fingerprint density at radius 3 is 1.85 bits per heavy atom. The Morgan fingerprint density at radius 1 is 1.08 bits per heavy atom. The van der Waals surface area contributed by atoms with Gasteiger partial charge in [0.15, 0.2) is 0 Å². The highest BCUT2D eigenvalue weighted by molar-refractivity contribution is 8.05. The van der Waals surface area contributed by atoms with Gasteiger partial charge in [-0.2, -0.15) is 0 Å². The first kappa shape index (κ1) is 15.2. The molecule has 0 amide bonds. The number of hydrogen-bond acceptors (Lipinski definition) is 0. The lowest BCUT2D eigenvalue weighted by atomic mass is 11.9. The first-order valence-electron chi connectivity index (χ1n) is 3.75. The Bertz CT molecular complexity index is 113. The lowest BCUT2D eigenvalue weighted by Gasteiger charge is -2.34. The van der Waals surface area contributed by atoms with Gasteiger partial charge in [-0.1, -0.05) is 19.6 Å². The molecular formula is C3H9Si10. The van der Waals surface area contributed by atoms with E-state index in [4.69, 9.17) is 0 Å². The number of hydrogen-bond donors (Lipinski definition) is 0. The van der Waals surface area contributed by atoms with Gasteiger partial charge in [0.25, 0.3) is 0 Å². The minimum absolute atomic E-state index is 0.0615. The second-order valence-electron chi connectivity index (χ2n) is 2.25. The standard InChI is InChI=1S/C3H9Si10/c1-6-12(11-9-4)13(7-2,8-3)10-5/h1-3H3. The minimum Gasteiger partial charge on any atom is -0.0761 e. The summed E-state index contributed by atoms with van der Waals surface area (Å²) in [5.74, 6) is 0. The van der Waals surface area contributed by atoms with E-state index in [1.165, 1.54) is 35.7 Å². The van der Waals surface area contributed by atoms with E-state index < -0.39 is 6.14 Å². The van der Waals surface area contributed by atoms with Crippen LogP contribution in [0.15, 0.2) is 0 Å². The third kappa shape index (κ3) is 4.27. The van der Waals surface area contributed by atoms with Crippen molar-refractivity contribution in [2.45, 2.75) is 19.6 Å². The van der Waals surface area contributed by atoms with Gasteiger partial charge in [0, 0.05) is 85.8 Å². The van der Waals surface area contributed by atoms with E-state index in [2.05, 4.69) is 39.2 Å². The summed E-state index contributed by atoms with van der Waals surface area (Å²) in [5, 5.41) is 0. The van der Waals surface area contributed by atoms with Crippen molar-refractivity contribution in [3.05, 3.63) is 0 Å². The van der Waals surface area contributed by atoms with Crippen molar-refractivity contribution in [1.29, 1.82) is 0 Å². The molecule has 0 atom stereocenters. The van der Waals surface area contributed by atoms with Crippen molar-refractivity contribution < 1.29 is 0 Å². The highest BCUT2D eigenvalue weighted by atomic mass is 30.4. The molecule has 10 heteroatoms. The zero-order valence-electron chi connectivity index (χ0n) is 8.00. The zero-order valence-corrected chi connectivity index (χ0v) is 18.0. The quantitative estimate of drug-likeness (QED) is 0.473. The van der Waals surface area contributed by atoms with E-state index in [0.29, 0.717) is 0 Å². The number of rotatable bonds is 7. The Labute approximate surface area is 105 Å². The predicted molar refractivity (Wildman–Crippen MR) is 75.1 cm³/mol. The topological polar surface area (TPSA) is 0 Å². The van der Waals surface area contributed by atoms with Crippen LogP contribution >= 0.6 is 0 Å². The maximum Gasteiger partial charge on any atom is 0.0148 e. The van der Waals surface area contributed by atoms with Gasteiger partial charge in [0.1, 0.15) is 0 Å². The van der Waals surface area contributed by atoms with Crippen LogP contribution in [0, 0.1) is 0 Å². The molecule has 0 spiro atoms. The summed E-state index contributed by atoms with van der Waals surface area (Å²) in [5.41, 5.74) is 0. The van der Waals surface area contributed by atoms with Crippen molar-refractivity contribution in [3.63, 3.8) is 0 Å². The summed E-state index contributed by atoms with van der Waals surface area (Å²) in [7, 11) is 14.9. The minimum atomic E-state index is -0.769. The molecule has 0 rings (SSSR count). The molecule has 0 aromatic carbocycles. The van der Waals surface area contributed by atoms with Gasteiger partial charge in [-0.15, -0.1) is 0 Å². The van der Waals surface area contributed by atoms with E-state index in [1.807, 2.05) is 0 Å². The fraction of sp³-hybridized carbons (Fsp3) is 1.00. The molecule has 0 saturated heterocycles. The Hall–Kier alpha value is 2.17. The van der Waals surface area contributed by atoms with Crippen LogP contribution in [-0.2, 0) is 0 Å². The highest BCUT2D eigenvalue weighted by Crippen LogP contribution is 2.01. The lowest BCUT2D eigenvalue weighted by Crippen LogP contribution is -2.71. The van der Waals surface area contributed by atoms with Gasteiger partial charge in [-0.25, -0.2) is 0 Å². The molecule has 0 aliphatic heterocycles. The molecule has 0 nitrogen and oxygen atoms in total. The fourth-order valence-corrected chi connectivity index (χ4v) is 107. The van der Waals surface area contributed by atoms with Gasteiger partial charge < -0.3 is 0 Å². The normalized spacial score (nSPS) is 12.5. The molecule has 19 radical (unpaired) electrons. The van der Waals surface area contributed by atoms with E-state index in [1.54, 1.807) is 0 Å². The molecule has 0 bridgehead atoms. The monoisotopic (exact) mass is 325 g/mol. The molecule has 0 aromatic heterocycles. The molecule has 0 heterocycles. The van der Waals surface area contributed by atoms with E-state index in [9.17, 15) is 0 Å². The van der Waals surface area contributed by atoms with Crippen LogP contribution in [-0.4, -0.2) is 85.8 Å². The molecule has 61 valence electrons. The summed E-state index contributed by atoms with van der Waals surface area (Å²) in [6.45, 7) is 7.37. The largest absolute Gasteiger partial charge is 0.0761 e. The van der Waals surface area contributed by atoms with Crippen LogP contribution in [0.3, 0.4) is 0 Å². The SMILES string of the molecule is C[Si][Si]([Si][Si][Si])[Si]([Si]C)([Si]C)[Si][Si]. The summed E-state index contributed by atoms with van der Waals surface area (Å²) >= 11 is 0. The summed E-state index contributed by atoms with van der Waals surface area (Å²) in [4.78, 5) is 0. The first-order chi connectivity index (χ1) is 6.20. The van der Waals surface area contributed by atoms with Crippen molar-refractivity contribution in [3.8, 4) is 0 Å². The van der Waals surface area contributed by atoms with Gasteiger partial charge in [0.2, 0.25) is 0 Å². The second kappa shape index (κ2) is 8.34. The predicted octanol–water partition coefficient (Wildman–Crippen LogP) is -2.06. The van der Waals surface area contributed by atoms with Crippen LogP contribution in [0.4, 0.5) is 0 Å². The van der Waals surface area contributed by atoms with Gasteiger partial charge >= 0.3 is 0 Å². The van der Waals surface area contributed by atoms with E-state index in [-0.39, 0.29) is 7.35 Å². The van der Waals surface area contributed by atoms with Crippen molar-refractivity contribution >= 4 is 85.8 Å². The van der Waals surface area contributed by atoms with Gasteiger partial charge in [0.05, 0.1) is 0 Å². The van der Waals surface area contributed by atoms with E-state index in [0.717, 1.165) is 17.1 Å². The molecule has 0 aliphatic carbocycles. The van der Waals surface area contributed by atoms with Gasteiger partial charge in [-0.3, -0.25) is 0 Å². The van der Waals surface area contributed by atoms with Crippen molar-refractivity contribution in [2.24, 2.45) is 0 Å². The summed E-state index contributed by atoms with van der Waals surface area (Å²) in [6.07, 6.45) is -0.769. The average molecular weight is 326 g/mol. The molecule has 0 fully saturated rings. The Kier molecular flexibility index (Phi) is 9.73. The van der Waals surface area contributed by atoms with Crippen LogP contribution in [0.25, 0.3) is 0 Å². The summed E-state index contributed by atoms with van der Waals surface area (Å²) < 4.78 is 0. The Balaban J connectivity index is 4.45. The van der Waals surface area contributed by atoms with Crippen LogP contribution in [0.2, 0.25) is 19.6 Å². The molecule has 0 aliphatic rings. The molecular weight excluding hydrogens is 317 g/mol. The third-order valence-electron chi connectivity index (χ3n) is 1.75. The molecule has 0 unspecified atom stereocenters. The maximum atomic E-state index is 3.88. The van der Waals surface area contributed by atoms with Crippen LogP contribution in [0.1, 0.15) is 0 Å². The average Bonchev–Trinajstić information content (AvgIpc) is 2.19. The smallest absolute Gasteiger partial charge is 0.0148 e. The molecule has 0 aromatic rings. The first-order valence-corrected chi connectivity index (χ1v) is 24.8. The second-order valence-corrected chi connectivity index (χ2v) is 47.2. The van der Waals surface area contributed by atoms with Crippen molar-refractivity contribution in [1.82, 2.24) is 0 Å². The molecule has 0 saturated carbocycles. The lowest BCUT2D eigenvalue weighted by molar-refractivity contribution is 2.32. The van der Waals surface area contributed by atoms with Gasteiger partial charge in [-0.05, 0) is 0 Å². The third-order valence-corrected chi connectivity index (χ3v) is 87.8. The zero-order chi connectivity index (χ0) is 10.3. The summed E-state index contributed by atoms with van der Waals surface area (Å²) in [6, 6.07) is 0. The van der Waals surface area contributed by atoms with Crippen LogP contribution < -0.4 is 0 Å². The van der Waals surface area contributed by atoms with Crippen LogP contribution in [0.5, 0.6) is 0 Å². The molecule has 0 N–H and O–H groups in total. The maximum absolute atomic E-state index is 3.88.